The first-order valence-corrected chi connectivity index (χ1v) is 8.30. The van der Waals surface area contributed by atoms with Crippen molar-refractivity contribution >= 4 is 11.6 Å². The van der Waals surface area contributed by atoms with Crippen LogP contribution in [0.25, 0.3) is 0 Å². The molecule has 0 aliphatic carbocycles. The zero-order chi connectivity index (χ0) is 17.5. The topological polar surface area (TPSA) is 55.6 Å². The molecule has 2 aromatic rings. The van der Waals surface area contributed by atoms with E-state index in [9.17, 15) is 4.79 Å². The van der Waals surface area contributed by atoms with Crippen molar-refractivity contribution in [2.45, 2.75) is 26.2 Å². The number of rotatable bonds is 7. The van der Waals surface area contributed by atoms with E-state index in [1.54, 1.807) is 12.0 Å². The van der Waals surface area contributed by atoms with Gasteiger partial charge >= 0.3 is 0 Å². The lowest BCUT2D eigenvalue weighted by Gasteiger charge is -2.25. The highest BCUT2D eigenvalue weighted by atomic mass is 16.5. The van der Waals surface area contributed by atoms with Crippen molar-refractivity contribution < 1.29 is 9.53 Å². The Morgan fingerprint density at radius 3 is 2.50 bits per heavy atom. The number of carbonyl (C=O) groups is 1. The molecule has 128 valence electrons. The number of para-hydroxylation sites is 1. The summed E-state index contributed by atoms with van der Waals surface area (Å²) in [6.45, 7) is 5.04. The van der Waals surface area contributed by atoms with E-state index in [0.717, 1.165) is 22.6 Å². The number of ether oxygens (including phenoxy) is 1. The summed E-state index contributed by atoms with van der Waals surface area (Å²) in [5.41, 5.74) is 9.02. The third-order valence-electron chi connectivity index (χ3n) is 4.22. The molecule has 0 fully saturated rings. The highest BCUT2D eigenvalue weighted by Crippen LogP contribution is 2.30. The van der Waals surface area contributed by atoms with E-state index >= 15 is 0 Å². The second kappa shape index (κ2) is 8.50. The molecule has 4 heteroatoms. The number of nitrogens with zero attached hydrogens (tertiary/aromatic N) is 1. The minimum atomic E-state index is -0.0647. The van der Waals surface area contributed by atoms with Gasteiger partial charge in [-0.05, 0) is 44.2 Å². The predicted molar refractivity (Wildman–Crippen MR) is 98.6 cm³/mol. The van der Waals surface area contributed by atoms with E-state index in [1.165, 1.54) is 0 Å². The minimum absolute atomic E-state index is 0.0647. The molecule has 0 spiro atoms. The van der Waals surface area contributed by atoms with Crippen LogP contribution in [0, 0.1) is 6.92 Å². The van der Waals surface area contributed by atoms with Crippen molar-refractivity contribution in [1.82, 2.24) is 0 Å². The highest BCUT2D eigenvalue weighted by Gasteiger charge is 2.22. The maximum atomic E-state index is 12.8. The van der Waals surface area contributed by atoms with Crippen LogP contribution >= 0.6 is 0 Å². The number of hydrogen-bond acceptors (Lipinski definition) is 3. The average Bonchev–Trinajstić information content (AvgIpc) is 2.61. The first-order valence-electron chi connectivity index (χ1n) is 8.30. The third-order valence-corrected chi connectivity index (χ3v) is 4.22. The number of methoxy groups -OCH3 is 1. The molecule has 0 radical (unpaired) electrons. The Morgan fingerprint density at radius 1 is 1.21 bits per heavy atom. The summed E-state index contributed by atoms with van der Waals surface area (Å²) in [4.78, 5) is 14.6. The molecule has 2 aromatic carbocycles. The van der Waals surface area contributed by atoms with Gasteiger partial charge in [-0.3, -0.25) is 4.79 Å². The standard InChI is InChI=1S/C20H26N2O2/c1-4-22(17-8-6-5-7-9-17)20(23)13-16(14-21)18-12-15(2)10-11-19(18)24-3/h5-12,16H,4,13-14,21H2,1-3H3. The zero-order valence-corrected chi connectivity index (χ0v) is 14.7. The zero-order valence-electron chi connectivity index (χ0n) is 14.7. The van der Waals surface area contributed by atoms with E-state index in [4.69, 9.17) is 10.5 Å². The van der Waals surface area contributed by atoms with Gasteiger partial charge in [0.05, 0.1) is 7.11 Å². The summed E-state index contributed by atoms with van der Waals surface area (Å²) in [7, 11) is 1.64. The van der Waals surface area contributed by atoms with E-state index in [2.05, 4.69) is 6.07 Å². The number of nitrogens with two attached hydrogens (primary N) is 1. The van der Waals surface area contributed by atoms with Crippen molar-refractivity contribution in [3.8, 4) is 5.75 Å². The molecule has 0 saturated carbocycles. The summed E-state index contributed by atoms with van der Waals surface area (Å²) >= 11 is 0. The third kappa shape index (κ3) is 4.15. The molecule has 2 rings (SSSR count). The second-order valence-corrected chi connectivity index (χ2v) is 5.86. The van der Waals surface area contributed by atoms with E-state index < -0.39 is 0 Å². The molecule has 1 atom stereocenters. The smallest absolute Gasteiger partial charge is 0.227 e. The summed E-state index contributed by atoms with van der Waals surface area (Å²) < 4.78 is 5.46. The molecule has 0 aromatic heterocycles. The largest absolute Gasteiger partial charge is 0.496 e. The summed E-state index contributed by atoms with van der Waals surface area (Å²) in [6.07, 6.45) is 0.360. The lowest BCUT2D eigenvalue weighted by Crippen LogP contribution is -2.33. The number of amides is 1. The molecule has 0 bridgehead atoms. The maximum Gasteiger partial charge on any atom is 0.227 e. The molecule has 0 aliphatic heterocycles. The Hall–Kier alpha value is -2.33. The molecule has 4 nitrogen and oxygen atoms in total. The van der Waals surface area contributed by atoms with Crippen LogP contribution in [-0.2, 0) is 4.79 Å². The second-order valence-electron chi connectivity index (χ2n) is 5.86. The fraction of sp³-hybridized carbons (Fsp3) is 0.350. The molecular formula is C20H26N2O2. The van der Waals surface area contributed by atoms with Crippen LogP contribution in [-0.4, -0.2) is 26.1 Å². The van der Waals surface area contributed by atoms with E-state index in [1.807, 2.05) is 56.3 Å². The first kappa shape index (κ1) is 18.0. The Morgan fingerprint density at radius 2 is 1.92 bits per heavy atom. The SMILES string of the molecule is CCN(C(=O)CC(CN)c1cc(C)ccc1OC)c1ccccc1. The van der Waals surface area contributed by atoms with Crippen LogP contribution in [0.1, 0.15) is 30.4 Å². The highest BCUT2D eigenvalue weighted by molar-refractivity contribution is 5.93. The van der Waals surface area contributed by atoms with Gasteiger partial charge in [0.1, 0.15) is 5.75 Å². The number of aryl methyl sites for hydroxylation is 1. The Kier molecular flexibility index (Phi) is 6.38. The quantitative estimate of drug-likeness (QED) is 0.847. The van der Waals surface area contributed by atoms with Gasteiger partial charge in [-0.2, -0.15) is 0 Å². The summed E-state index contributed by atoms with van der Waals surface area (Å²) in [5, 5.41) is 0. The monoisotopic (exact) mass is 326 g/mol. The van der Waals surface area contributed by atoms with Crippen molar-refractivity contribution in [1.29, 1.82) is 0 Å². The molecule has 0 saturated heterocycles. The Labute approximate surface area is 144 Å². The van der Waals surface area contributed by atoms with Crippen LogP contribution in [0.3, 0.4) is 0 Å². The Bertz CT molecular complexity index is 671. The molecular weight excluding hydrogens is 300 g/mol. The fourth-order valence-electron chi connectivity index (χ4n) is 2.92. The summed E-state index contributed by atoms with van der Waals surface area (Å²) in [5.74, 6) is 0.791. The number of carbonyl (C=O) groups excluding carboxylic acids is 1. The van der Waals surface area contributed by atoms with Crippen molar-refractivity contribution in [3.63, 3.8) is 0 Å². The molecule has 24 heavy (non-hydrogen) atoms. The molecule has 2 N–H and O–H groups in total. The van der Waals surface area contributed by atoms with Crippen LogP contribution in [0.5, 0.6) is 5.75 Å². The lowest BCUT2D eigenvalue weighted by molar-refractivity contribution is -0.118. The van der Waals surface area contributed by atoms with Crippen molar-refractivity contribution in [3.05, 3.63) is 59.7 Å². The summed E-state index contributed by atoms with van der Waals surface area (Å²) in [6, 6.07) is 15.7. The predicted octanol–water partition coefficient (Wildman–Crippen LogP) is 3.49. The van der Waals surface area contributed by atoms with Gasteiger partial charge < -0.3 is 15.4 Å². The maximum absolute atomic E-state index is 12.8. The molecule has 0 aliphatic rings. The van der Waals surface area contributed by atoms with Gasteiger partial charge in [-0.15, -0.1) is 0 Å². The van der Waals surface area contributed by atoms with Crippen molar-refractivity contribution in [2.24, 2.45) is 5.73 Å². The van der Waals surface area contributed by atoms with Crippen molar-refractivity contribution in [2.75, 3.05) is 25.1 Å². The normalized spacial score (nSPS) is 11.8. The minimum Gasteiger partial charge on any atom is -0.496 e. The number of anilines is 1. The van der Waals surface area contributed by atoms with Crippen LogP contribution in [0.4, 0.5) is 5.69 Å². The van der Waals surface area contributed by atoms with Gasteiger partial charge in [0.25, 0.3) is 0 Å². The van der Waals surface area contributed by atoms with Gasteiger partial charge in [0, 0.05) is 24.6 Å². The van der Waals surface area contributed by atoms with E-state index in [-0.39, 0.29) is 11.8 Å². The van der Waals surface area contributed by atoms with Gasteiger partial charge in [-0.25, -0.2) is 0 Å². The molecule has 1 unspecified atom stereocenters. The number of hydrogen-bond donors (Lipinski definition) is 1. The van der Waals surface area contributed by atoms with Crippen LogP contribution in [0.15, 0.2) is 48.5 Å². The Balaban J connectivity index is 2.23. The van der Waals surface area contributed by atoms with Gasteiger partial charge in [-0.1, -0.05) is 35.9 Å². The van der Waals surface area contributed by atoms with Crippen LogP contribution < -0.4 is 15.4 Å². The number of benzene rings is 2. The van der Waals surface area contributed by atoms with Gasteiger partial charge in [0.2, 0.25) is 5.91 Å². The molecule has 1 amide bonds. The average molecular weight is 326 g/mol. The molecule has 0 heterocycles. The first-order chi connectivity index (χ1) is 11.6. The van der Waals surface area contributed by atoms with Crippen LogP contribution in [0.2, 0.25) is 0 Å². The lowest BCUT2D eigenvalue weighted by atomic mass is 9.93. The fourth-order valence-corrected chi connectivity index (χ4v) is 2.92. The van der Waals surface area contributed by atoms with Gasteiger partial charge in [0.15, 0.2) is 0 Å². The van der Waals surface area contributed by atoms with E-state index in [0.29, 0.717) is 19.5 Å².